The van der Waals surface area contributed by atoms with E-state index in [4.69, 9.17) is 11.6 Å². The van der Waals surface area contributed by atoms with E-state index < -0.39 is 0 Å². The van der Waals surface area contributed by atoms with Crippen molar-refractivity contribution in [3.8, 4) is 10.7 Å². The van der Waals surface area contributed by atoms with Gasteiger partial charge in [0.1, 0.15) is 5.82 Å². The molecule has 3 heterocycles. The summed E-state index contributed by atoms with van der Waals surface area (Å²) >= 11 is 8.18. The first-order valence-corrected chi connectivity index (χ1v) is 8.29. The molecule has 0 amide bonds. The first-order valence-electron chi connectivity index (χ1n) is 7.03. The molecular weight excluding hydrogens is 304 g/mol. The van der Waals surface area contributed by atoms with E-state index in [1.165, 1.54) is 0 Å². The number of hydrogen-bond donors (Lipinski definition) is 0. The molecule has 3 aromatic rings. The Morgan fingerprint density at radius 3 is 2.86 bits per heavy atom. The van der Waals surface area contributed by atoms with Crippen LogP contribution < -0.4 is 0 Å². The summed E-state index contributed by atoms with van der Waals surface area (Å²) in [7, 11) is 0. The van der Waals surface area contributed by atoms with Crippen molar-refractivity contribution in [2.45, 2.75) is 33.4 Å². The molecule has 6 heteroatoms. The summed E-state index contributed by atoms with van der Waals surface area (Å²) in [5, 5.41) is 7.42. The van der Waals surface area contributed by atoms with E-state index in [0.717, 1.165) is 40.1 Å². The first kappa shape index (κ1) is 14.4. The summed E-state index contributed by atoms with van der Waals surface area (Å²) in [6.45, 7) is 5.66. The minimum absolute atomic E-state index is 0.687. The number of aryl methyl sites for hydroxylation is 2. The van der Waals surface area contributed by atoms with E-state index in [0.29, 0.717) is 6.54 Å². The standard InChI is InChI=1S/C15H17ClN4S/c1-3-11-14(16)12(20(4-2)18-11)10-19-8-7-17-15(19)13-6-5-9-21-13/h5-9H,3-4,10H2,1-2H3. The average Bonchev–Trinajstić information content (AvgIpc) is 3.21. The van der Waals surface area contributed by atoms with Crippen LogP contribution in [-0.2, 0) is 19.5 Å². The molecule has 0 spiro atoms. The monoisotopic (exact) mass is 320 g/mol. The van der Waals surface area contributed by atoms with Crippen molar-refractivity contribution < 1.29 is 0 Å². The van der Waals surface area contributed by atoms with Crippen molar-refractivity contribution in [1.82, 2.24) is 19.3 Å². The molecule has 0 N–H and O–H groups in total. The predicted molar refractivity (Wildman–Crippen MR) is 86.9 cm³/mol. The highest BCUT2D eigenvalue weighted by molar-refractivity contribution is 7.13. The maximum absolute atomic E-state index is 6.49. The lowest BCUT2D eigenvalue weighted by atomic mass is 10.3. The summed E-state index contributed by atoms with van der Waals surface area (Å²) in [5.41, 5.74) is 2.01. The summed E-state index contributed by atoms with van der Waals surface area (Å²) in [5.74, 6) is 0.975. The summed E-state index contributed by atoms with van der Waals surface area (Å²) in [6, 6.07) is 4.12. The van der Waals surface area contributed by atoms with E-state index in [1.807, 2.05) is 23.1 Å². The maximum Gasteiger partial charge on any atom is 0.150 e. The van der Waals surface area contributed by atoms with Crippen molar-refractivity contribution >= 4 is 22.9 Å². The fourth-order valence-corrected chi connectivity index (χ4v) is 3.46. The Balaban J connectivity index is 1.98. The largest absolute Gasteiger partial charge is 0.324 e. The lowest BCUT2D eigenvalue weighted by molar-refractivity contribution is 0.596. The third kappa shape index (κ3) is 2.63. The second kappa shape index (κ2) is 6.03. The van der Waals surface area contributed by atoms with E-state index in [1.54, 1.807) is 11.3 Å². The number of thiophene rings is 1. The summed E-state index contributed by atoms with van der Waals surface area (Å²) < 4.78 is 4.11. The van der Waals surface area contributed by atoms with Gasteiger partial charge in [-0.15, -0.1) is 11.3 Å². The molecule has 0 saturated heterocycles. The zero-order valence-electron chi connectivity index (χ0n) is 12.1. The first-order chi connectivity index (χ1) is 10.2. The molecule has 0 aromatic carbocycles. The Morgan fingerprint density at radius 2 is 2.19 bits per heavy atom. The molecule has 3 rings (SSSR count). The van der Waals surface area contributed by atoms with Gasteiger partial charge in [-0.05, 0) is 24.8 Å². The normalized spacial score (nSPS) is 11.2. The van der Waals surface area contributed by atoms with Crippen LogP contribution in [0.2, 0.25) is 5.02 Å². The van der Waals surface area contributed by atoms with Gasteiger partial charge >= 0.3 is 0 Å². The lowest BCUT2D eigenvalue weighted by Crippen LogP contribution is -2.08. The van der Waals surface area contributed by atoms with Crippen molar-refractivity contribution in [1.29, 1.82) is 0 Å². The van der Waals surface area contributed by atoms with E-state index in [2.05, 4.69) is 39.9 Å². The van der Waals surface area contributed by atoms with Gasteiger partial charge < -0.3 is 4.57 Å². The summed E-state index contributed by atoms with van der Waals surface area (Å²) in [4.78, 5) is 5.63. The van der Waals surface area contributed by atoms with Crippen molar-refractivity contribution in [2.24, 2.45) is 0 Å². The van der Waals surface area contributed by atoms with Crippen LogP contribution in [0.25, 0.3) is 10.7 Å². The highest BCUT2D eigenvalue weighted by atomic mass is 35.5. The van der Waals surface area contributed by atoms with Crippen LogP contribution in [0.15, 0.2) is 29.9 Å². The Labute approximate surface area is 133 Å². The number of imidazole rings is 1. The van der Waals surface area contributed by atoms with Crippen LogP contribution in [0, 0.1) is 0 Å². The minimum Gasteiger partial charge on any atom is -0.324 e. The molecule has 0 aliphatic heterocycles. The average molecular weight is 321 g/mol. The zero-order valence-corrected chi connectivity index (χ0v) is 13.7. The van der Waals surface area contributed by atoms with Crippen LogP contribution in [0.3, 0.4) is 0 Å². The highest BCUT2D eigenvalue weighted by Crippen LogP contribution is 2.26. The number of aromatic nitrogens is 4. The molecule has 0 aliphatic rings. The molecule has 0 saturated carbocycles. The molecule has 0 unspecified atom stereocenters. The fraction of sp³-hybridized carbons (Fsp3) is 0.333. The predicted octanol–water partition coefficient (Wildman–Crippen LogP) is 4.09. The quantitative estimate of drug-likeness (QED) is 0.709. The number of nitrogens with zero attached hydrogens (tertiary/aromatic N) is 4. The zero-order chi connectivity index (χ0) is 14.8. The van der Waals surface area contributed by atoms with Crippen LogP contribution in [0.4, 0.5) is 0 Å². The number of rotatable bonds is 5. The third-order valence-electron chi connectivity index (χ3n) is 3.47. The molecule has 4 nitrogen and oxygen atoms in total. The smallest absolute Gasteiger partial charge is 0.150 e. The van der Waals surface area contributed by atoms with Crippen LogP contribution >= 0.6 is 22.9 Å². The molecular formula is C15H17ClN4S. The molecule has 0 fully saturated rings. The SMILES string of the molecule is CCc1nn(CC)c(Cn2ccnc2-c2cccs2)c1Cl. The van der Waals surface area contributed by atoms with Gasteiger partial charge in [-0.3, -0.25) is 4.68 Å². The van der Waals surface area contributed by atoms with Gasteiger partial charge in [-0.2, -0.15) is 5.10 Å². The minimum atomic E-state index is 0.687. The number of halogens is 1. The summed E-state index contributed by atoms with van der Waals surface area (Å²) in [6.07, 6.45) is 4.67. The van der Waals surface area contributed by atoms with Crippen LogP contribution in [0.1, 0.15) is 25.2 Å². The van der Waals surface area contributed by atoms with E-state index >= 15 is 0 Å². The third-order valence-corrected chi connectivity index (χ3v) is 4.77. The molecule has 0 radical (unpaired) electrons. The fourth-order valence-electron chi connectivity index (χ4n) is 2.40. The number of hydrogen-bond acceptors (Lipinski definition) is 3. The van der Waals surface area contributed by atoms with Gasteiger partial charge in [0.25, 0.3) is 0 Å². The lowest BCUT2D eigenvalue weighted by Gasteiger charge is -2.09. The Hall–Kier alpha value is -1.59. The maximum atomic E-state index is 6.49. The highest BCUT2D eigenvalue weighted by Gasteiger charge is 2.16. The van der Waals surface area contributed by atoms with Crippen molar-refractivity contribution in [2.75, 3.05) is 0 Å². The second-order valence-electron chi connectivity index (χ2n) is 4.73. The van der Waals surface area contributed by atoms with Gasteiger partial charge in [0.15, 0.2) is 0 Å². The molecule has 0 bridgehead atoms. The van der Waals surface area contributed by atoms with Gasteiger partial charge in [-0.25, -0.2) is 4.98 Å². The van der Waals surface area contributed by atoms with E-state index in [-0.39, 0.29) is 0 Å². The molecule has 110 valence electrons. The van der Waals surface area contributed by atoms with Crippen LogP contribution in [0.5, 0.6) is 0 Å². The van der Waals surface area contributed by atoms with Crippen molar-refractivity contribution in [3.05, 3.63) is 46.3 Å². The van der Waals surface area contributed by atoms with Crippen molar-refractivity contribution in [3.63, 3.8) is 0 Å². The van der Waals surface area contributed by atoms with Crippen LogP contribution in [-0.4, -0.2) is 19.3 Å². The van der Waals surface area contributed by atoms with Gasteiger partial charge in [0.2, 0.25) is 0 Å². The Morgan fingerprint density at radius 1 is 1.33 bits per heavy atom. The topological polar surface area (TPSA) is 35.6 Å². The van der Waals surface area contributed by atoms with Gasteiger partial charge in [0, 0.05) is 18.9 Å². The molecule has 0 aliphatic carbocycles. The van der Waals surface area contributed by atoms with Gasteiger partial charge in [0.05, 0.1) is 27.8 Å². The Kier molecular flexibility index (Phi) is 4.12. The molecule has 21 heavy (non-hydrogen) atoms. The second-order valence-corrected chi connectivity index (χ2v) is 6.06. The van der Waals surface area contributed by atoms with Gasteiger partial charge in [-0.1, -0.05) is 24.6 Å². The molecule has 0 atom stereocenters. The van der Waals surface area contributed by atoms with E-state index in [9.17, 15) is 0 Å². The Bertz CT molecular complexity index is 727. The molecule has 3 aromatic heterocycles.